The monoisotopic (exact) mass is 462 g/mol. The van der Waals surface area contributed by atoms with Crippen LogP contribution in [0.5, 0.6) is 0 Å². The fraction of sp³-hybridized carbons (Fsp3) is 0.606. The maximum Gasteiger partial charge on any atom is 0.329 e. The minimum absolute atomic E-state index is 0.420. The van der Waals surface area contributed by atoms with Gasteiger partial charge in [-0.05, 0) is 159 Å². The Bertz CT molecular complexity index is 1040. The summed E-state index contributed by atoms with van der Waals surface area (Å²) in [7, 11) is 0. The quantitative estimate of drug-likeness (QED) is 0.254. The van der Waals surface area contributed by atoms with Crippen LogP contribution in [0.4, 0.5) is 0 Å². The lowest BCUT2D eigenvalue weighted by Crippen LogP contribution is -2.48. The maximum absolute atomic E-state index is 10.0. The van der Waals surface area contributed by atoms with E-state index < -0.39 is 0 Å². The minimum atomic E-state index is 0.420. The Balaban J connectivity index is 1.05. The number of hydrogen-bond acceptors (Lipinski definition) is 0. The molecule has 0 saturated heterocycles. The van der Waals surface area contributed by atoms with E-state index in [4.69, 9.17) is 0 Å². The Kier molecular flexibility index (Phi) is 4.44. The lowest BCUT2D eigenvalue weighted by Gasteiger charge is -2.57. The zero-order valence-corrected chi connectivity index (χ0v) is 21.0. The van der Waals surface area contributed by atoms with Gasteiger partial charge < -0.3 is 5.53 Å². The predicted octanol–water partition coefficient (Wildman–Crippen LogP) is 7.69. The average Bonchev–Trinajstić information content (AvgIpc) is 2.84. The molecule has 8 saturated carbocycles. The van der Waals surface area contributed by atoms with Crippen molar-refractivity contribution < 1.29 is 4.79 Å². The Morgan fingerprint density at radius 2 is 0.800 bits per heavy atom. The highest BCUT2D eigenvalue weighted by Gasteiger charge is 2.52. The van der Waals surface area contributed by atoms with Gasteiger partial charge in [0, 0.05) is 0 Å². The highest BCUT2D eigenvalue weighted by atomic mass is 14.9. The van der Waals surface area contributed by atoms with Crippen LogP contribution in [0.25, 0.3) is 5.53 Å². The van der Waals surface area contributed by atoms with Gasteiger partial charge in [0.2, 0.25) is 0 Å². The predicted molar refractivity (Wildman–Crippen MR) is 139 cm³/mol. The van der Waals surface area contributed by atoms with Crippen molar-refractivity contribution in [1.82, 2.24) is 0 Å². The molecule has 0 spiro atoms. The lowest BCUT2D eigenvalue weighted by molar-refractivity contribution is -0.00561. The molecule has 0 heterocycles. The zero-order chi connectivity index (χ0) is 23.2. The van der Waals surface area contributed by atoms with Crippen molar-refractivity contribution in [3.63, 3.8) is 0 Å². The summed E-state index contributed by atoms with van der Waals surface area (Å²) in [5.74, 6) is 5.77. The number of hydrogen-bond donors (Lipinski definition) is 0. The summed E-state index contributed by atoms with van der Waals surface area (Å²) >= 11 is 0. The van der Waals surface area contributed by atoms with Crippen molar-refractivity contribution in [3.8, 4) is 0 Å². The smallest absolute Gasteiger partial charge is 0.329 e. The molecule has 2 aromatic rings. The molecule has 8 aliphatic carbocycles. The summed E-state index contributed by atoms with van der Waals surface area (Å²) in [5, 5.41) is 0. The van der Waals surface area contributed by atoms with Gasteiger partial charge in [0.15, 0.2) is 0 Å². The molecule has 2 nitrogen and oxygen atoms in total. The molecule has 180 valence electrons. The van der Waals surface area contributed by atoms with Gasteiger partial charge in [-0.2, -0.15) is 4.79 Å². The highest BCUT2D eigenvalue weighted by Crippen LogP contribution is 2.62. The molecular formula is C33H38N2. The van der Waals surface area contributed by atoms with Crippen LogP contribution >= 0.6 is 0 Å². The topological polar surface area (TPSA) is 36.4 Å². The summed E-state index contributed by atoms with van der Waals surface area (Å²) in [6.45, 7) is 0. The van der Waals surface area contributed by atoms with Gasteiger partial charge in [0.25, 0.3) is 0 Å². The van der Waals surface area contributed by atoms with Crippen LogP contribution in [-0.4, -0.2) is 10.5 Å². The van der Waals surface area contributed by atoms with E-state index in [1.165, 1.54) is 88.2 Å². The summed E-state index contributed by atoms with van der Waals surface area (Å²) in [6.07, 6.45) is 17.3. The third-order valence-electron chi connectivity index (χ3n) is 11.7. The van der Waals surface area contributed by atoms with Gasteiger partial charge in [-0.1, -0.05) is 24.3 Å². The van der Waals surface area contributed by atoms with Crippen molar-refractivity contribution in [1.29, 1.82) is 0 Å². The summed E-state index contributed by atoms with van der Waals surface area (Å²) < 4.78 is 0. The van der Waals surface area contributed by atoms with E-state index >= 15 is 0 Å². The second kappa shape index (κ2) is 7.42. The molecule has 0 aliphatic heterocycles. The Labute approximate surface area is 210 Å². The number of rotatable bonds is 4. The molecule has 0 atom stereocenters. The van der Waals surface area contributed by atoms with Crippen LogP contribution in [0, 0.1) is 35.5 Å². The van der Waals surface area contributed by atoms with Crippen LogP contribution in [0.2, 0.25) is 0 Å². The molecule has 0 aromatic heterocycles. The highest BCUT2D eigenvalue weighted by molar-refractivity contribution is 6.09. The molecule has 8 aliphatic rings. The normalized spacial score (nSPS) is 42.3. The van der Waals surface area contributed by atoms with Crippen molar-refractivity contribution in [2.24, 2.45) is 35.5 Å². The van der Waals surface area contributed by atoms with Crippen molar-refractivity contribution in [2.45, 2.75) is 87.9 Å². The minimum Gasteiger partial charge on any atom is -0.361 e. The van der Waals surface area contributed by atoms with E-state index in [1.807, 2.05) is 0 Å². The second-order valence-corrected chi connectivity index (χ2v) is 14.0. The first-order chi connectivity index (χ1) is 17.1. The van der Waals surface area contributed by atoms with Gasteiger partial charge in [0.1, 0.15) is 0 Å². The van der Waals surface area contributed by atoms with Gasteiger partial charge >= 0.3 is 5.71 Å². The van der Waals surface area contributed by atoms with E-state index in [1.54, 1.807) is 0 Å². The fourth-order valence-corrected chi connectivity index (χ4v) is 11.2. The van der Waals surface area contributed by atoms with Crippen LogP contribution in [0.15, 0.2) is 48.5 Å². The van der Waals surface area contributed by atoms with Gasteiger partial charge in [0.05, 0.1) is 11.1 Å². The average molecular weight is 463 g/mol. The lowest BCUT2D eigenvalue weighted by atomic mass is 9.48. The van der Waals surface area contributed by atoms with Crippen LogP contribution < -0.4 is 0 Å². The number of benzene rings is 2. The molecule has 2 heteroatoms. The van der Waals surface area contributed by atoms with Crippen molar-refractivity contribution >= 4 is 5.71 Å². The molecule has 10 rings (SSSR count). The molecule has 8 fully saturated rings. The Morgan fingerprint density at radius 1 is 0.514 bits per heavy atom. The summed E-state index contributed by atoms with van der Waals surface area (Å²) in [4.78, 5) is 3.79. The molecule has 35 heavy (non-hydrogen) atoms. The van der Waals surface area contributed by atoms with Gasteiger partial charge in [-0.15, -0.1) is 0 Å². The molecular weight excluding hydrogens is 424 g/mol. The molecule has 0 N–H and O–H groups in total. The molecule has 0 unspecified atom stereocenters. The maximum atomic E-state index is 10.0. The Morgan fingerprint density at radius 3 is 1.06 bits per heavy atom. The van der Waals surface area contributed by atoms with E-state index in [2.05, 4.69) is 53.3 Å². The molecule has 8 bridgehead atoms. The van der Waals surface area contributed by atoms with Crippen LogP contribution in [0.3, 0.4) is 0 Å². The first-order valence-electron chi connectivity index (χ1n) is 14.5. The van der Waals surface area contributed by atoms with E-state index in [0.29, 0.717) is 16.5 Å². The third-order valence-corrected chi connectivity index (χ3v) is 11.7. The Hall–Kier alpha value is -2.18. The first kappa shape index (κ1) is 21.0. The van der Waals surface area contributed by atoms with Gasteiger partial charge in [-0.25, -0.2) is 0 Å². The molecule has 0 amide bonds. The molecule has 2 aromatic carbocycles. The van der Waals surface area contributed by atoms with E-state index in [9.17, 15) is 5.53 Å². The van der Waals surface area contributed by atoms with Gasteiger partial charge in [-0.3, -0.25) is 0 Å². The number of nitrogens with zero attached hydrogens (tertiary/aromatic N) is 2. The summed E-state index contributed by atoms with van der Waals surface area (Å²) in [6, 6.07) is 18.3. The zero-order valence-electron chi connectivity index (χ0n) is 21.0. The molecule has 0 radical (unpaired) electrons. The standard InChI is InChI=1S/C33H38N2/c34-35-31(27-1-5-29(6-2-27)32-15-21-9-22(16-32)11-23(10-21)17-32)28-3-7-30(8-4-28)33-18-24-12-25(19-33)14-26(13-24)20-33/h1-8,21-26H,9-20H2. The first-order valence-corrected chi connectivity index (χ1v) is 14.5. The van der Waals surface area contributed by atoms with Crippen molar-refractivity contribution in [2.75, 3.05) is 0 Å². The van der Waals surface area contributed by atoms with E-state index in [-0.39, 0.29) is 0 Å². The van der Waals surface area contributed by atoms with Crippen molar-refractivity contribution in [3.05, 3.63) is 76.3 Å². The largest absolute Gasteiger partial charge is 0.361 e. The van der Waals surface area contributed by atoms with E-state index in [0.717, 1.165) is 46.6 Å². The van der Waals surface area contributed by atoms with Crippen LogP contribution in [-0.2, 0) is 10.8 Å². The SMILES string of the molecule is [N-]=[N+]=C(c1ccc(C23CC4CC(CC(C4)C2)C3)cc1)c1ccc(C23CC4CC(CC(C4)C2)C3)cc1. The van der Waals surface area contributed by atoms with Crippen LogP contribution in [0.1, 0.15) is 99.3 Å². The second-order valence-electron chi connectivity index (χ2n) is 14.0. The fourth-order valence-electron chi connectivity index (χ4n) is 11.2. The summed E-state index contributed by atoms with van der Waals surface area (Å²) in [5.41, 5.74) is 16.7. The third kappa shape index (κ3) is 3.21.